The summed E-state index contributed by atoms with van der Waals surface area (Å²) in [4.78, 5) is 23.2. The smallest absolute Gasteiger partial charge is 0.269 e. The van der Waals surface area contributed by atoms with Crippen molar-refractivity contribution in [1.82, 2.24) is 4.90 Å². The molecular weight excluding hydrogens is 466 g/mol. The number of benzene rings is 3. The van der Waals surface area contributed by atoms with Gasteiger partial charge in [0.05, 0.1) is 35.2 Å². The minimum absolute atomic E-state index is 0.0880. The molecule has 3 aromatic carbocycles. The second kappa shape index (κ2) is 10.1. The molecule has 7 heteroatoms. The normalized spacial score (nSPS) is 17.9. The van der Waals surface area contributed by atoms with Crippen molar-refractivity contribution in [1.29, 1.82) is 5.26 Å². The van der Waals surface area contributed by atoms with Gasteiger partial charge in [-0.1, -0.05) is 54.6 Å². The lowest BCUT2D eigenvalue weighted by atomic mass is 10.1. The van der Waals surface area contributed by atoms with Gasteiger partial charge in [0.2, 0.25) is 0 Å². The van der Waals surface area contributed by atoms with Gasteiger partial charge in [-0.3, -0.25) is 9.69 Å². The summed E-state index contributed by atoms with van der Waals surface area (Å²) < 4.78 is 0. The van der Waals surface area contributed by atoms with Crippen LogP contribution in [0.5, 0.6) is 0 Å². The number of anilines is 2. The summed E-state index contributed by atoms with van der Waals surface area (Å²) in [5.41, 5.74) is 5.98. The minimum Gasteiger partial charge on any atom is -0.384 e. The molecule has 3 aromatic rings. The van der Waals surface area contributed by atoms with E-state index >= 15 is 0 Å². The molecule has 0 aromatic heterocycles. The number of amidine groups is 1. The van der Waals surface area contributed by atoms with Gasteiger partial charge >= 0.3 is 0 Å². The van der Waals surface area contributed by atoms with E-state index in [1.165, 1.54) is 11.8 Å². The van der Waals surface area contributed by atoms with Gasteiger partial charge in [0.25, 0.3) is 5.91 Å². The highest BCUT2D eigenvalue weighted by atomic mass is 32.2. The Kier molecular flexibility index (Phi) is 6.61. The molecule has 0 bridgehead atoms. The zero-order chi connectivity index (χ0) is 25.1. The molecule has 5 rings (SSSR count). The number of para-hydroxylation sites is 1. The van der Waals surface area contributed by atoms with Crippen molar-refractivity contribution in [3.05, 3.63) is 106 Å². The second-order valence-corrected chi connectivity index (χ2v) is 9.39. The van der Waals surface area contributed by atoms with Gasteiger partial charge in [-0.25, -0.2) is 4.99 Å². The van der Waals surface area contributed by atoms with Crippen LogP contribution in [0.3, 0.4) is 0 Å². The Morgan fingerprint density at radius 3 is 2.58 bits per heavy atom. The van der Waals surface area contributed by atoms with Gasteiger partial charge in [0, 0.05) is 19.3 Å². The SMILES string of the molecule is CCNc1ccc(C#N)cc1N=C1SC(=C2C=Cc3ccccc3N2C)C(=O)N1Cc1ccccc1. The van der Waals surface area contributed by atoms with Crippen LogP contribution in [0.1, 0.15) is 23.6 Å². The lowest BCUT2D eigenvalue weighted by Crippen LogP contribution is -2.29. The Morgan fingerprint density at radius 2 is 1.81 bits per heavy atom. The van der Waals surface area contributed by atoms with Crippen molar-refractivity contribution in [2.24, 2.45) is 4.99 Å². The summed E-state index contributed by atoms with van der Waals surface area (Å²) in [5.74, 6) is -0.0880. The zero-order valence-electron chi connectivity index (χ0n) is 20.1. The first-order valence-electron chi connectivity index (χ1n) is 11.7. The Balaban J connectivity index is 1.61. The minimum atomic E-state index is -0.0880. The van der Waals surface area contributed by atoms with Crippen LogP contribution in [0.15, 0.2) is 94.5 Å². The molecule has 0 unspecified atom stereocenters. The van der Waals surface area contributed by atoms with E-state index in [0.29, 0.717) is 34.4 Å². The monoisotopic (exact) mass is 491 g/mol. The number of carbonyl (C=O) groups is 1. The van der Waals surface area contributed by atoms with Crippen LogP contribution in [0.2, 0.25) is 0 Å². The van der Waals surface area contributed by atoms with Crippen LogP contribution in [0.25, 0.3) is 6.08 Å². The Labute approximate surface area is 215 Å². The molecule has 2 aliphatic rings. The van der Waals surface area contributed by atoms with Crippen molar-refractivity contribution in [3.8, 4) is 6.07 Å². The lowest BCUT2D eigenvalue weighted by Gasteiger charge is -2.27. The third-order valence-corrected chi connectivity index (χ3v) is 7.15. The molecule has 1 fully saturated rings. The van der Waals surface area contributed by atoms with Crippen molar-refractivity contribution in [2.75, 3.05) is 23.8 Å². The zero-order valence-corrected chi connectivity index (χ0v) is 20.9. The van der Waals surface area contributed by atoms with Gasteiger partial charge < -0.3 is 10.2 Å². The summed E-state index contributed by atoms with van der Waals surface area (Å²) in [5, 5.41) is 13.3. The van der Waals surface area contributed by atoms with Crippen molar-refractivity contribution in [2.45, 2.75) is 13.5 Å². The lowest BCUT2D eigenvalue weighted by molar-refractivity contribution is -0.122. The molecule has 1 saturated heterocycles. The number of nitrogens with one attached hydrogen (secondary N) is 1. The van der Waals surface area contributed by atoms with Crippen LogP contribution in [-0.4, -0.2) is 29.6 Å². The van der Waals surface area contributed by atoms with E-state index in [9.17, 15) is 10.1 Å². The highest BCUT2D eigenvalue weighted by Crippen LogP contribution is 2.41. The number of hydrogen-bond donors (Lipinski definition) is 1. The first-order valence-corrected chi connectivity index (χ1v) is 12.6. The number of aliphatic imine (C=N–C) groups is 1. The fourth-order valence-electron chi connectivity index (χ4n) is 4.26. The number of amides is 1. The summed E-state index contributed by atoms with van der Waals surface area (Å²) in [7, 11) is 1.98. The maximum atomic E-state index is 13.8. The molecule has 2 aliphatic heterocycles. The van der Waals surface area contributed by atoms with Crippen molar-refractivity contribution < 1.29 is 4.79 Å². The van der Waals surface area contributed by atoms with E-state index in [4.69, 9.17) is 4.99 Å². The van der Waals surface area contributed by atoms with Gasteiger partial charge in [0.15, 0.2) is 5.17 Å². The van der Waals surface area contributed by atoms with Gasteiger partial charge in [-0.2, -0.15) is 5.26 Å². The maximum Gasteiger partial charge on any atom is 0.269 e. The number of hydrogen-bond acceptors (Lipinski definition) is 6. The molecule has 1 N–H and O–H groups in total. The first kappa shape index (κ1) is 23.5. The number of likely N-dealkylation sites (N-methyl/N-ethyl adjacent to an activating group) is 1. The maximum absolute atomic E-state index is 13.8. The Morgan fingerprint density at radius 1 is 1.03 bits per heavy atom. The van der Waals surface area contributed by atoms with E-state index in [2.05, 4.69) is 28.4 Å². The fraction of sp³-hybridized carbons (Fsp3) is 0.138. The van der Waals surface area contributed by atoms with E-state index in [1.807, 2.05) is 74.7 Å². The van der Waals surface area contributed by atoms with Crippen LogP contribution >= 0.6 is 11.8 Å². The summed E-state index contributed by atoms with van der Waals surface area (Å²) in [6.07, 6.45) is 4.04. The molecule has 6 nitrogen and oxygen atoms in total. The molecule has 0 saturated carbocycles. The Bertz CT molecular complexity index is 1450. The highest BCUT2D eigenvalue weighted by molar-refractivity contribution is 8.18. The molecular formula is C29H25N5OS. The van der Waals surface area contributed by atoms with Gasteiger partial charge in [-0.15, -0.1) is 0 Å². The van der Waals surface area contributed by atoms with Gasteiger partial charge in [0.1, 0.15) is 4.91 Å². The second-order valence-electron chi connectivity index (χ2n) is 8.41. The summed E-state index contributed by atoms with van der Waals surface area (Å²) >= 11 is 1.37. The van der Waals surface area contributed by atoms with Crippen LogP contribution in [0.4, 0.5) is 17.1 Å². The third-order valence-electron chi connectivity index (χ3n) is 6.07. The van der Waals surface area contributed by atoms with Crippen LogP contribution in [0, 0.1) is 11.3 Å². The van der Waals surface area contributed by atoms with Crippen molar-refractivity contribution >= 4 is 46.0 Å². The number of rotatable bonds is 5. The number of nitrogens with zero attached hydrogens (tertiary/aromatic N) is 4. The molecule has 1 amide bonds. The van der Waals surface area contributed by atoms with Crippen molar-refractivity contribution in [3.63, 3.8) is 0 Å². The summed E-state index contributed by atoms with van der Waals surface area (Å²) in [6.45, 7) is 3.13. The van der Waals surface area contributed by atoms with E-state index in [-0.39, 0.29) is 5.91 Å². The average Bonchev–Trinajstić information content (AvgIpc) is 3.20. The quantitative estimate of drug-likeness (QED) is 0.435. The van der Waals surface area contributed by atoms with Crippen LogP contribution < -0.4 is 10.2 Å². The number of fused-ring (bicyclic) bond motifs is 1. The highest BCUT2D eigenvalue weighted by Gasteiger charge is 2.37. The molecule has 0 atom stereocenters. The molecule has 36 heavy (non-hydrogen) atoms. The summed E-state index contributed by atoms with van der Waals surface area (Å²) in [6, 6.07) is 25.6. The fourth-order valence-corrected chi connectivity index (χ4v) is 5.35. The largest absolute Gasteiger partial charge is 0.384 e. The number of nitriles is 1. The average molecular weight is 492 g/mol. The molecule has 0 aliphatic carbocycles. The molecule has 2 heterocycles. The molecule has 178 valence electrons. The van der Waals surface area contributed by atoms with Gasteiger partial charge in [-0.05, 0) is 60.2 Å². The third kappa shape index (κ3) is 4.51. The topological polar surface area (TPSA) is 71.7 Å². The number of allylic oxidation sites excluding steroid dienone is 1. The predicted molar refractivity (Wildman–Crippen MR) is 148 cm³/mol. The molecule has 0 spiro atoms. The number of carbonyl (C=O) groups excluding carboxylic acids is 1. The standard InChI is InChI=1S/C29H25N5OS/c1-3-31-23-15-13-21(18-30)17-24(23)32-29-34(19-20-9-5-4-6-10-20)28(35)27(36-29)26-16-14-22-11-7-8-12-25(22)33(26)2/h4-17,31H,3,19H2,1-2H3. The van der Waals surface area contributed by atoms with E-state index in [1.54, 1.807) is 17.0 Å². The predicted octanol–water partition coefficient (Wildman–Crippen LogP) is 6.13. The van der Waals surface area contributed by atoms with E-state index in [0.717, 1.165) is 28.2 Å². The molecule has 0 radical (unpaired) electrons. The van der Waals surface area contributed by atoms with E-state index < -0.39 is 0 Å². The van der Waals surface area contributed by atoms with Crippen LogP contribution in [-0.2, 0) is 11.3 Å². The first-order chi connectivity index (χ1) is 17.6. The number of thioether (sulfide) groups is 1. The Hall–Kier alpha value is -4.28.